The Kier molecular flexibility index (Phi) is 4.55. The standard InChI is InChI=1S/C13H10F3N3O2S/c14-13(15,16)9-3-1-8(2-4-9)7-22-11-6-5-10(19(20)21)12(17)18-11/h1-6H,7H2,(H2,17,18). The maximum atomic E-state index is 12.4. The first-order chi connectivity index (χ1) is 10.3. The molecule has 0 bridgehead atoms. The second-order valence-electron chi connectivity index (χ2n) is 4.29. The monoisotopic (exact) mass is 329 g/mol. The second-order valence-corrected chi connectivity index (χ2v) is 5.29. The van der Waals surface area contributed by atoms with Gasteiger partial charge in [0.2, 0.25) is 5.82 Å². The number of pyridine rings is 1. The van der Waals surface area contributed by atoms with E-state index in [-0.39, 0.29) is 11.5 Å². The van der Waals surface area contributed by atoms with Gasteiger partial charge in [0.25, 0.3) is 0 Å². The maximum Gasteiger partial charge on any atom is 0.416 e. The Morgan fingerprint density at radius 3 is 2.32 bits per heavy atom. The predicted molar refractivity (Wildman–Crippen MR) is 76.3 cm³/mol. The summed E-state index contributed by atoms with van der Waals surface area (Å²) in [6, 6.07) is 7.47. The van der Waals surface area contributed by atoms with E-state index in [9.17, 15) is 23.3 Å². The Morgan fingerprint density at radius 2 is 1.82 bits per heavy atom. The van der Waals surface area contributed by atoms with Crippen LogP contribution in [0.25, 0.3) is 0 Å². The highest BCUT2D eigenvalue weighted by molar-refractivity contribution is 7.98. The van der Waals surface area contributed by atoms with Crippen LogP contribution in [0.1, 0.15) is 11.1 Å². The van der Waals surface area contributed by atoms with E-state index in [1.807, 2.05) is 0 Å². The largest absolute Gasteiger partial charge is 0.416 e. The van der Waals surface area contributed by atoms with Crippen LogP contribution in [-0.2, 0) is 11.9 Å². The van der Waals surface area contributed by atoms with Crippen LogP contribution in [0.4, 0.5) is 24.7 Å². The van der Waals surface area contributed by atoms with Crippen molar-refractivity contribution in [3.05, 3.63) is 57.6 Å². The number of anilines is 1. The molecule has 0 aliphatic carbocycles. The van der Waals surface area contributed by atoms with Gasteiger partial charge in [-0.2, -0.15) is 13.2 Å². The molecular formula is C13H10F3N3O2S. The van der Waals surface area contributed by atoms with E-state index in [0.717, 1.165) is 12.1 Å². The zero-order valence-corrected chi connectivity index (χ0v) is 11.8. The van der Waals surface area contributed by atoms with Crippen molar-refractivity contribution in [1.82, 2.24) is 4.98 Å². The van der Waals surface area contributed by atoms with E-state index in [0.29, 0.717) is 16.3 Å². The molecule has 0 fully saturated rings. The molecule has 2 N–H and O–H groups in total. The molecule has 0 unspecified atom stereocenters. The van der Waals surface area contributed by atoms with Gasteiger partial charge in [0.05, 0.1) is 15.5 Å². The summed E-state index contributed by atoms with van der Waals surface area (Å²) < 4.78 is 37.3. The highest BCUT2D eigenvalue weighted by Crippen LogP contribution is 2.30. The van der Waals surface area contributed by atoms with Crippen molar-refractivity contribution in [2.24, 2.45) is 0 Å². The first kappa shape index (κ1) is 16.1. The minimum Gasteiger partial charge on any atom is -0.378 e. The zero-order valence-electron chi connectivity index (χ0n) is 11.0. The molecule has 0 spiro atoms. The number of aromatic nitrogens is 1. The van der Waals surface area contributed by atoms with Gasteiger partial charge < -0.3 is 5.73 Å². The van der Waals surface area contributed by atoms with Crippen LogP contribution >= 0.6 is 11.8 Å². The third-order valence-corrected chi connectivity index (χ3v) is 3.74. The molecule has 0 aliphatic heterocycles. The number of thioether (sulfide) groups is 1. The number of nitro groups is 1. The Balaban J connectivity index is 2.04. The number of hydrogen-bond acceptors (Lipinski definition) is 5. The lowest BCUT2D eigenvalue weighted by atomic mass is 10.1. The average molecular weight is 329 g/mol. The van der Waals surface area contributed by atoms with Gasteiger partial charge in [-0.1, -0.05) is 12.1 Å². The SMILES string of the molecule is Nc1nc(SCc2ccc(C(F)(F)F)cc2)ccc1[N+](=O)[O-]. The van der Waals surface area contributed by atoms with Crippen LogP contribution in [-0.4, -0.2) is 9.91 Å². The van der Waals surface area contributed by atoms with Crippen LogP contribution in [0.3, 0.4) is 0 Å². The topological polar surface area (TPSA) is 82.0 Å². The van der Waals surface area contributed by atoms with Crippen LogP contribution < -0.4 is 5.73 Å². The Morgan fingerprint density at radius 1 is 1.18 bits per heavy atom. The van der Waals surface area contributed by atoms with Gasteiger partial charge >= 0.3 is 11.9 Å². The van der Waals surface area contributed by atoms with Crippen LogP contribution in [0.15, 0.2) is 41.4 Å². The number of nitrogens with two attached hydrogens (primary N) is 1. The van der Waals surface area contributed by atoms with Crippen molar-refractivity contribution < 1.29 is 18.1 Å². The highest BCUT2D eigenvalue weighted by atomic mass is 32.2. The maximum absolute atomic E-state index is 12.4. The van der Waals surface area contributed by atoms with Crippen molar-refractivity contribution in [3.8, 4) is 0 Å². The molecule has 0 atom stereocenters. The molecule has 1 aromatic carbocycles. The smallest absolute Gasteiger partial charge is 0.378 e. The van der Waals surface area contributed by atoms with Crippen LogP contribution in [0.2, 0.25) is 0 Å². The van der Waals surface area contributed by atoms with Gasteiger partial charge in [-0.05, 0) is 23.8 Å². The highest BCUT2D eigenvalue weighted by Gasteiger charge is 2.29. The van der Waals surface area contributed by atoms with Gasteiger partial charge in [0.15, 0.2) is 0 Å². The zero-order chi connectivity index (χ0) is 16.3. The fourth-order valence-electron chi connectivity index (χ4n) is 1.63. The summed E-state index contributed by atoms with van der Waals surface area (Å²) in [5.74, 6) is 0.185. The normalized spacial score (nSPS) is 11.4. The van der Waals surface area contributed by atoms with E-state index < -0.39 is 16.7 Å². The van der Waals surface area contributed by atoms with E-state index in [4.69, 9.17) is 5.73 Å². The number of benzene rings is 1. The van der Waals surface area contributed by atoms with E-state index >= 15 is 0 Å². The number of halogens is 3. The van der Waals surface area contributed by atoms with Crippen molar-refractivity contribution in [2.75, 3.05) is 5.73 Å². The first-order valence-electron chi connectivity index (χ1n) is 5.97. The van der Waals surface area contributed by atoms with E-state index in [2.05, 4.69) is 4.98 Å². The van der Waals surface area contributed by atoms with Crippen LogP contribution in [0, 0.1) is 10.1 Å². The minimum absolute atomic E-state index is 0.192. The fraction of sp³-hybridized carbons (Fsp3) is 0.154. The lowest BCUT2D eigenvalue weighted by Gasteiger charge is -2.07. The summed E-state index contributed by atoms with van der Waals surface area (Å²) >= 11 is 1.23. The fourth-order valence-corrected chi connectivity index (χ4v) is 2.47. The molecule has 9 heteroatoms. The summed E-state index contributed by atoms with van der Waals surface area (Å²) in [6.07, 6.45) is -4.36. The molecule has 1 heterocycles. The Labute approximate surface area is 127 Å². The molecule has 0 saturated carbocycles. The average Bonchev–Trinajstić information content (AvgIpc) is 2.44. The molecule has 0 aliphatic rings. The van der Waals surface area contributed by atoms with Gasteiger partial charge in [0, 0.05) is 11.8 Å². The molecular weight excluding hydrogens is 319 g/mol. The molecule has 0 saturated heterocycles. The number of alkyl halides is 3. The van der Waals surface area contributed by atoms with Gasteiger partial charge in [-0.3, -0.25) is 10.1 Å². The number of hydrogen-bond donors (Lipinski definition) is 1. The summed E-state index contributed by atoms with van der Waals surface area (Å²) in [6.45, 7) is 0. The molecule has 2 rings (SSSR count). The van der Waals surface area contributed by atoms with Crippen molar-refractivity contribution >= 4 is 23.3 Å². The summed E-state index contributed by atoms with van der Waals surface area (Å²) in [7, 11) is 0. The van der Waals surface area contributed by atoms with Crippen molar-refractivity contribution in [3.63, 3.8) is 0 Å². The lowest BCUT2D eigenvalue weighted by molar-refractivity contribution is -0.384. The quantitative estimate of drug-likeness (QED) is 0.523. The predicted octanol–water partition coefficient (Wildman–Crippen LogP) is 3.88. The molecule has 0 amide bonds. The van der Waals surface area contributed by atoms with Gasteiger partial charge in [0.1, 0.15) is 0 Å². The Hall–Kier alpha value is -2.29. The molecule has 22 heavy (non-hydrogen) atoms. The summed E-state index contributed by atoms with van der Waals surface area (Å²) in [4.78, 5) is 13.9. The third-order valence-electron chi connectivity index (χ3n) is 2.74. The number of rotatable bonds is 4. The van der Waals surface area contributed by atoms with Gasteiger partial charge in [-0.15, -0.1) is 11.8 Å². The molecule has 0 radical (unpaired) electrons. The summed E-state index contributed by atoms with van der Waals surface area (Å²) in [5, 5.41) is 11.1. The van der Waals surface area contributed by atoms with E-state index in [1.165, 1.54) is 36.0 Å². The van der Waals surface area contributed by atoms with E-state index in [1.54, 1.807) is 0 Å². The molecule has 1 aromatic heterocycles. The first-order valence-corrected chi connectivity index (χ1v) is 6.96. The van der Waals surface area contributed by atoms with Gasteiger partial charge in [-0.25, -0.2) is 4.98 Å². The van der Waals surface area contributed by atoms with Crippen LogP contribution in [0.5, 0.6) is 0 Å². The third kappa shape index (κ3) is 3.88. The number of nitrogen functional groups attached to an aromatic ring is 1. The Bertz CT molecular complexity index is 690. The second kappa shape index (κ2) is 6.22. The molecule has 2 aromatic rings. The minimum atomic E-state index is -4.36. The summed E-state index contributed by atoms with van der Waals surface area (Å²) in [5.41, 5.74) is 5.16. The number of nitrogens with zero attached hydrogens (tertiary/aromatic N) is 2. The van der Waals surface area contributed by atoms with Crippen molar-refractivity contribution in [2.45, 2.75) is 17.0 Å². The van der Waals surface area contributed by atoms with Crippen molar-refractivity contribution in [1.29, 1.82) is 0 Å². The molecule has 5 nitrogen and oxygen atoms in total. The molecule has 116 valence electrons. The lowest BCUT2D eigenvalue weighted by Crippen LogP contribution is -2.04.